The summed E-state index contributed by atoms with van der Waals surface area (Å²) in [5.41, 5.74) is 1.74. The second-order valence-electron chi connectivity index (χ2n) is 5.75. The van der Waals surface area contributed by atoms with E-state index in [1.807, 2.05) is 24.3 Å². The molecule has 0 aliphatic heterocycles. The maximum Gasteiger partial charge on any atom is 0.387 e. The Morgan fingerprint density at radius 2 is 1.74 bits per heavy atom. The van der Waals surface area contributed by atoms with E-state index in [0.717, 1.165) is 10.0 Å². The smallest absolute Gasteiger partial charge is 0.387 e. The molecule has 0 aliphatic carbocycles. The van der Waals surface area contributed by atoms with Gasteiger partial charge >= 0.3 is 6.61 Å². The van der Waals surface area contributed by atoms with Crippen LogP contribution in [0.3, 0.4) is 0 Å². The molecule has 1 aromatic heterocycles. The van der Waals surface area contributed by atoms with Gasteiger partial charge in [0.05, 0.1) is 19.2 Å². The third kappa shape index (κ3) is 5.62. The first-order valence-electron chi connectivity index (χ1n) is 8.09. The molecule has 0 spiro atoms. The summed E-state index contributed by atoms with van der Waals surface area (Å²) in [6.07, 6.45) is 1.73. The number of amides is 1. The van der Waals surface area contributed by atoms with Gasteiger partial charge < -0.3 is 10.1 Å². The van der Waals surface area contributed by atoms with Crippen LogP contribution in [0.15, 0.2) is 65.3 Å². The second-order valence-corrected chi connectivity index (χ2v) is 6.66. The number of carbonyl (C=O) groups is 1. The van der Waals surface area contributed by atoms with Gasteiger partial charge in [0, 0.05) is 10.5 Å². The van der Waals surface area contributed by atoms with Crippen molar-refractivity contribution in [1.29, 1.82) is 0 Å². The number of nitrogens with one attached hydrogen (secondary N) is 1. The minimum atomic E-state index is -2.87. The number of anilines is 1. The number of ether oxygens (including phenoxy) is 1. The highest BCUT2D eigenvalue weighted by atomic mass is 79.9. The van der Waals surface area contributed by atoms with Gasteiger partial charge in [0.15, 0.2) is 0 Å². The Morgan fingerprint density at radius 3 is 2.41 bits per heavy atom. The van der Waals surface area contributed by atoms with Gasteiger partial charge in [-0.15, -0.1) is 0 Å². The number of halogens is 3. The molecule has 0 atom stereocenters. The number of aromatic nitrogens is 2. The lowest BCUT2D eigenvalue weighted by atomic mass is 10.1. The lowest BCUT2D eigenvalue weighted by molar-refractivity contribution is -0.115. The fourth-order valence-electron chi connectivity index (χ4n) is 2.49. The monoisotopic (exact) mass is 435 g/mol. The van der Waals surface area contributed by atoms with E-state index in [4.69, 9.17) is 0 Å². The summed E-state index contributed by atoms with van der Waals surface area (Å²) in [4.78, 5) is 12.3. The molecule has 0 saturated heterocycles. The van der Waals surface area contributed by atoms with Crippen LogP contribution >= 0.6 is 15.9 Å². The summed E-state index contributed by atoms with van der Waals surface area (Å²) < 4.78 is 31.3. The number of nitrogens with zero attached hydrogens (tertiary/aromatic N) is 2. The summed E-state index contributed by atoms with van der Waals surface area (Å²) in [6.45, 7) is -2.35. The number of hydrogen-bond acceptors (Lipinski definition) is 3. The maximum absolute atomic E-state index is 12.3. The van der Waals surface area contributed by atoms with Gasteiger partial charge in [0.1, 0.15) is 11.6 Å². The van der Waals surface area contributed by atoms with Crippen molar-refractivity contribution < 1.29 is 18.3 Å². The van der Waals surface area contributed by atoms with Gasteiger partial charge in [0.2, 0.25) is 5.91 Å². The summed E-state index contributed by atoms with van der Waals surface area (Å²) in [6, 6.07) is 15.5. The van der Waals surface area contributed by atoms with Gasteiger partial charge in [-0.3, -0.25) is 4.79 Å². The van der Waals surface area contributed by atoms with Gasteiger partial charge in [-0.05, 0) is 35.4 Å². The van der Waals surface area contributed by atoms with Gasteiger partial charge in [-0.2, -0.15) is 13.9 Å². The van der Waals surface area contributed by atoms with E-state index in [1.165, 1.54) is 12.1 Å². The van der Waals surface area contributed by atoms with Crippen molar-refractivity contribution >= 4 is 27.7 Å². The Hall–Kier alpha value is -2.74. The zero-order valence-corrected chi connectivity index (χ0v) is 15.7. The van der Waals surface area contributed by atoms with Crippen LogP contribution in [-0.4, -0.2) is 22.3 Å². The lowest BCUT2D eigenvalue weighted by Gasteiger charge is -2.10. The quantitative estimate of drug-likeness (QED) is 0.595. The number of benzene rings is 2. The zero-order valence-electron chi connectivity index (χ0n) is 14.1. The molecule has 5 nitrogen and oxygen atoms in total. The molecule has 1 amide bonds. The van der Waals surface area contributed by atoms with E-state index < -0.39 is 6.61 Å². The van der Waals surface area contributed by atoms with Crippen LogP contribution in [0, 0.1) is 0 Å². The van der Waals surface area contributed by atoms with Crippen LogP contribution in [0.2, 0.25) is 0 Å². The highest BCUT2D eigenvalue weighted by Crippen LogP contribution is 2.17. The molecule has 3 aromatic rings. The molecule has 3 rings (SSSR count). The van der Waals surface area contributed by atoms with E-state index in [1.54, 1.807) is 29.1 Å². The standard InChI is InChI=1S/C19H16BrF2N3O2/c20-15-5-1-14(2-6-15)12-25-17(9-10-23-25)24-18(26)11-13-3-7-16(8-4-13)27-19(21)22/h1-10,19H,11-12H2,(H,24,26). The number of rotatable bonds is 7. The Bertz CT molecular complexity index is 896. The Kier molecular flexibility index (Phi) is 6.18. The predicted octanol–water partition coefficient (Wildman–Crippen LogP) is 4.48. The van der Waals surface area contributed by atoms with Crippen molar-refractivity contribution in [1.82, 2.24) is 9.78 Å². The molecule has 0 radical (unpaired) electrons. The Balaban J connectivity index is 1.60. The van der Waals surface area contributed by atoms with Crippen LogP contribution in [0.25, 0.3) is 0 Å². The minimum absolute atomic E-state index is 0.0572. The molecule has 0 aliphatic rings. The third-order valence-electron chi connectivity index (χ3n) is 3.74. The Labute approximate surface area is 163 Å². The summed E-state index contributed by atoms with van der Waals surface area (Å²) >= 11 is 3.39. The normalized spacial score (nSPS) is 10.8. The van der Waals surface area contributed by atoms with Crippen LogP contribution < -0.4 is 10.1 Å². The first kappa shape index (κ1) is 19.0. The van der Waals surface area contributed by atoms with Crippen LogP contribution in [0.1, 0.15) is 11.1 Å². The largest absolute Gasteiger partial charge is 0.435 e. The van der Waals surface area contributed by atoms with Gasteiger partial charge in [-0.25, -0.2) is 4.68 Å². The Morgan fingerprint density at radius 1 is 1.07 bits per heavy atom. The van der Waals surface area contributed by atoms with Crippen molar-refractivity contribution in [3.63, 3.8) is 0 Å². The van der Waals surface area contributed by atoms with Gasteiger partial charge in [-0.1, -0.05) is 40.2 Å². The zero-order chi connectivity index (χ0) is 19.2. The van der Waals surface area contributed by atoms with Crippen molar-refractivity contribution in [3.05, 3.63) is 76.4 Å². The van der Waals surface area contributed by atoms with E-state index >= 15 is 0 Å². The van der Waals surface area contributed by atoms with Crippen LogP contribution in [0.4, 0.5) is 14.6 Å². The van der Waals surface area contributed by atoms with E-state index in [2.05, 4.69) is 31.1 Å². The molecule has 1 N–H and O–H groups in total. The molecule has 0 bridgehead atoms. The first-order chi connectivity index (χ1) is 13.0. The van der Waals surface area contributed by atoms with Crippen molar-refractivity contribution in [2.45, 2.75) is 19.6 Å². The van der Waals surface area contributed by atoms with Crippen molar-refractivity contribution in [2.75, 3.05) is 5.32 Å². The van der Waals surface area contributed by atoms with Crippen LogP contribution in [0.5, 0.6) is 5.75 Å². The first-order valence-corrected chi connectivity index (χ1v) is 8.89. The minimum Gasteiger partial charge on any atom is -0.435 e. The second kappa shape index (κ2) is 8.77. The average Bonchev–Trinajstić information content (AvgIpc) is 3.05. The molecule has 27 heavy (non-hydrogen) atoms. The van der Waals surface area contributed by atoms with E-state index in [9.17, 15) is 13.6 Å². The summed E-state index contributed by atoms with van der Waals surface area (Å²) in [7, 11) is 0. The fourth-order valence-corrected chi connectivity index (χ4v) is 2.75. The lowest BCUT2D eigenvalue weighted by Crippen LogP contribution is -2.18. The SMILES string of the molecule is O=C(Cc1ccc(OC(F)F)cc1)Nc1ccnn1Cc1ccc(Br)cc1. The molecule has 2 aromatic carbocycles. The highest BCUT2D eigenvalue weighted by Gasteiger charge is 2.10. The molecular weight excluding hydrogens is 420 g/mol. The molecule has 1 heterocycles. The van der Waals surface area contributed by atoms with Crippen molar-refractivity contribution in [2.24, 2.45) is 0 Å². The summed E-state index contributed by atoms with van der Waals surface area (Å²) in [5, 5.41) is 7.05. The van der Waals surface area contributed by atoms with E-state index in [-0.39, 0.29) is 18.1 Å². The molecule has 0 fully saturated rings. The third-order valence-corrected chi connectivity index (χ3v) is 4.27. The average molecular weight is 436 g/mol. The molecule has 0 saturated carbocycles. The van der Waals surface area contributed by atoms with Crippen molar-refractivity contribution in [3.8, 4) is 5.75 Å². The summed E-state index contributed by atoms with van der Waals surface area (Å²) in [5.74, 6) is 0.414. The highest BCUT2D eigenvalue weighted by molar-refractivity contribution is 9.10. The van der Waals surface area contributed by atoms with Crippen LogP contribution in [-0.2, 0) is 17.8 Å². The fraction of sp³-hybridized carbons (Fsp3) is 0.158. The van der Waals surface area contributed by atoms with E-state index in [0.29, 0.717) is 17.9 Å². The molecule has 0 unspecified atom stereocenters. The number of hydrogen-bond donors (Lipinski definition) is 1. The number of alkyl halides is 2. The topological polar surface area (TPSA) is 56.1 Å². The number of carbonyl (C=O) groups excluding carboxylic acids is 1. The predicted molar refractivity (Wildman–Crippen MR) is 101 cm³/mol. The molecule has 140 valence electrons. The maximum atomic E-state index is 12.3. The molecular formula is C19H16BrF2N3O2. The molecule has 8 heteroatoms. The van der Waals surface area contributed by atoms with Gasteiger partial charge in [0.25, 0.3) is 0 Å².